The molecule has 0 unspecified atom stereocenters. The van der Waals surface area contributed by atoms with Gasteiger partial charge in [-0.05, 0) is 54.8 Å². The summed E-state index contributed by atoms with van der Waals surface area (Å²) in [5, 5.41) is 12.1. The first-order chi connectivity index (χ1) is 15.4. The minimum atomic E-state index is -3.63. The van der Waals surface area contributed by atoms with Crippen LogP contribution in [0.5, 0.6) is 11.5 Å². The molecule has 1 N–H and O–H groups in total. The summed E-state index contributed by atoms with van der Waals surface area (Å²) >= 11 is 0. The van der Waals surface area contributed by atoms with Crippen LogP contribution < -0.4 is 14.8 Å². The molecule has 8 nitrogen and oxygen atoms in total. The maximum atomic E-state index is 12.9. The second-order valence-electron chi connectivity index (χ2n) is 7.23. The highest BCUT2D eigenvalue weighted by molar-refractivity contribution is 7.89. The van der Waals surface area contributed by atoms with Crippen molar-refractivity contribution >= 4 is 27.7 Å². The van der Waals surface area contributed by atoms with Crippen LogP contribution in [0.2, 0.25) is 0 Å². The van der Waals surface area contributed by atoms with E-state index in [1.165, 1.54) is 36.7 Å². The van der Waals surface area contributed by atoms with E-state index in [-0.39, 0.29) is 10.5 Å². The van der Waals surface area contributed by atoms with Crippen molar-refractivity contribution in [3.8, 4) is 17.6 Å². The summed E-state index contributed by atoms with van der Waals surface area (Å²) < 4.78 is 37.7. The first-order valence-corrected chi connectivity index (χ1v) is 11.6. The molecule has 1 fully saturated rings. The van der Waals surface area contributed by atoms with Gasteiger partial charge < -0.3 is 14.8 Å². The van der Waals surface area contributed by atoms with Crippen LogP contribution in [0, 0.1) is 11.3 Å². The fourth-order valence-electron chi connectivity index (χ4n) is 3.44. The SMILES string of the molecule is COc1ccc(/C=C(\C#N)C(=O)Nc2cccc(S(=O)(=O)N3CCCCC3)c2)cc1OC. The molecule has 168 valence electrons. The zero-order valence-corrected chi connectivity index (χ0v) is 18.8. The van der Waals surface area contributed by atoms with Crippen LogP contribution in [0.15, 0.2) is 52.9 Å². The van der Waals surface area contributed by atoms with Crippen LogP contribution in [-0.4, -0.2) is 45.9 Å². The molecule has 9 heteroatoms. The molecule has 2 aromatic carbocycles. The molecule has 1 saturated heterocycles. The Labute approximate surface area is 188 Å². The third kappa shape index (κ3) is 5.28. The number of hydrogen-bond acceptors (Lipinski definition) is 6. The summed E-state index contributed by atoms with van der Waals surface area (Å²) in [6.07, 6.45) is 4.11. The van der Waals surface area contributed by atoms with Gasteiger partial charge in [0.25, 0.3) is 5.91 Å². The van der Waals surface area contributed by atoms with Crippen LogP contribution in [0.25, 0.3) is 6.08 Å². The van der Waals surface area contributed by atoms with Gasteiger partial charge in [0.2, 0.25) is 10.0 Å². The lowest BCUT2D eigenvalue weighted by Crippen LogP contribution is -2.35. The van der Waals surface area contributed by atoms with Crippen molar-refractivity contribution in [3.05, 3.63) is 53.6 Å². The molecule has 0 atom stereocenters. The first-order valence-electron chi connectivity index (χ1n) is 10.1. The summed E-state index contributed by atoms with van der Waals surface area (Å²) in [4.78, 5) is 12.8. The predicted molar refractivity (Wildman–Crippen MR) is 121 cm³/mol. The molecule has 3 rings (SSSR count). The molecule has 0 aromatic heterocycles. The van der Waals surface area contributed by atoms with E-state index in [2.05, 4.69) is 5.32 Å². The number of ether oxygens (including phenoxy) is 2. The Morgan fingerprint density at radius 2 is 1.78 bits per heavy atom. The van der Waals surface area contributed by atoms with Crippen molar-refractivity contribution in [3.63, 3.8) is 0 Å². The largest absolute Gasteiger partial charge is 0.493 e. The van der Waals surface area contributed by atoms with Gasteiger partial charge in [0.15, 0.2) is 11.5 Å². The molecule has 1 aliphatic heterocycles. The highest BCUT2D eigenvalue weighted by atomic mass is 32.2. The molecule has 0 radical (unpaired) electrons. The van der Waals surface area contributed by atoms with Crippen LogP contribution in [-0.2, 0) is 14.8 Å². The Hall–Kier alpha value is -3.35. The highest BCUT2D eigenvalue weighted by Crippen LogP contribution is 2.28. The van der Waals surface area contributed by atoms with Crippen molar-refractivity contribution in [2.24, 2.45) is 0 Å². The van der Waals surface area contributed by atoms with E-state index in [1.54, 1.807) is 30.3 Å². The van der Waals surface area contributed by atoms with Crippen molar-refractivity contribution in [2.45, 2.75) is 24.2 Å². The number of hydrogen-bond donors (Lipinski definition) is 1. The van der Waals surface area contributed by atoms with Gasteiger partial charge in [0, 0.05) is 18.8 Å². The maximum Gasteiger partial charge on any atom is 0.266 e. The summed E-state index contributed by atoms with van der Waals surface area (Å²) in [5.41, 5.74) is 0.735. The van der Waals surface area contributed by atoms with Gasteiger partial charge >= 0.3 is 0 Å². The monoisotopic (exact) mass is 455 g/mol. The number of nitriles is 1. The molecule has 0 bridgehead atoms. The topological polar surface area (TPSA) is 109 Å². The van der Waals surface area contributed by atoms with Crippen LogP contribution in [0.4, 0.5) is 5.69 Å². The van der Waals surface area contributed by atoms with E-state index in [1.807, 2.05) is 6.07 Å². The number of nitrogens with zero attached hydrogens (tertiary/aromatic N) is 2. The van der Waals surface area contributed by atoms with E-state index in [9.17, 15) is 18.5 Å². The highest BCUT2D eigenvalue weighted by Gasteiger charge is 2.26. The number of carbonyl (C=O) groups is 1. The molecule has 1 aliphatic rings. The van der Waals surface area contributed by atoms with E-state index >= 15 is 0 Å². The number of sulfonamides is 1. The molecule has 0 spiro atoms. The predicted octanol–water partition coefficient (Wildman–Crippen LogP) is 3.42. The lowest BCUT2D eigenvalue weighted by molar-refractivity contribution is -0.112. The van der Waals surface area contributed by atoms with Crippen LogP contribution >= 0.6 is 0 Å². The number of amides is 1. The number of anilines is 1. The van der Waals surface area contributed by atoms with Gasteiger partial charge in [-0.3, -0.25) is 4.79 Å². The Morgan fingerprint density at radius 3 is 2.44 bits per heavy atom. The lowest BCUT2D eigenvalue weighted by Gasteiger charge is -2.26. The maximum absolute atomic E-state index is 12.9. The number of rotatable bonds is 7. The second kappa shape index (κ2) is 10.3. The minimum absolute atomic E-state index is 0.111. The Balaban J connectivity index is 1.81. The van der Waals surface area contributed by atoms with Gasteiger partial charge in [-0.1, -0.05) is 18.6 Å². The number of piperidine rings is 1. The smallest absolute Gasteiger partial charge is 0.266 e. The molecule has 0 saturated carbocycles. The zero-order chi connectivity index (χ0) is 23.1. The Morgan fingerprint density at radius 1 is 1.06 bits per heavy atom. The number of carbonyl (C=O) groups excluding carboxylic acids is 1. The van der Waals surface area contributed by atoms with E-state index in [4.69, 9.17) is 9.47 Å². The van der Waals surface area contributed by atoms with Gasteiger partial charge in [-0.2, -0.15) is 9.57 Å². The van der Waals surface area contributed by atoms with Crippen molar-refractivity contribution < 1.29 is 22.7 Å². The van der Waals surface area contributed by atoms with E-state index < -0.39 is 15.9 Å². The second-order valence-corrected chi connectivity index (χ2v) is 9.17. The number of methoxy groups -OCH3 is 2. The molecular formula is C23H25N3O5S. The third-order valence-corrected chi connectivity index (χ3v) is 7.02. The molecule has 0 aliphatic carbocycles. The zero-order valence-electron chi connectivity index (χ0n) is 18.0. The van der Waals surface area contributed by atoms with Crippen LogP contribution in [0.3, 0.4) is 0 Å². The summed E-state index contributed by atoms with van der Waals surface area (Å²) in [7, 11) is -0.623. The Kier molecular flexibility index (Phi) is 7.51. The van der Waals surface area contributed by atoms with Crippen molar-refractivity contribution in [1.29, 1.82) is 5.26 Å². The van der Waals surface area contributed by atoms with Gasteiger partial charge in [-0.15, -0.1) is 0 Å². The average molecular weight is 456 g/mol. The van der Waals surface area contributed by atoms with Crippen LogP contribution in [0.1, 0.15) is 24.8 Å². The summed E-state index contributed by atoms with van der Waals surface area (Å²) in [6, 6.07) is 13.0. The number of benzene rings is 2. The number of nitrogens with one attached hydrogen (secondary N) is 1. The fraction of sp³-hybridized carbons (Fsp3) is 0.304. The van der Waals surface area contributed by atoms with Gasteiger partial charge in [-0.25, -0.2) is 8.42 Å². The molecule has 1 heterocycles. The summed E-state index contributed by atoms with van der Waals surface area (Å²) in [6.45, 7) is 0.983. The van der Waals surface area contributed by atoms with E-state index in [0.29, 0.717) is 35.8 Å². The van der Waals surface area contributed by atoms with Gasteiger partial charge in [0.05, 0.1) is 19.1 Å². The van der Waals surface area contributed by atoms with E-state index in [0.717, 1.165) is 19.3 Å². The summed E-state index contributed by atoms with van der Waals surface area (Å²) in [5.74, 6) is 0.351. The quantitative estimate of drug-likeness (QED) is 0.506. The molecule has 32 heavy (non-hydrogen) atoms. The normalized spacial score (nSPS) is 15.0. The van der Waals surface area contributed by atoms with Crippen molar-refractivity contribution in [1.82, 2.24) is 4.31 Å². The third-order valence-electron chi connectivity index (χ3n) is 5.13. The lowest BCUT2D eigenvalue weighted by atomic mass is 10.1. The molecule has 1 amide bonds. The molecule has 2 aromatic rings. The minimum Gasteiger partial charge on any atom is -0.493 e. The fourth-order valence-corrected chi connectivity index (χ4v) is 5.01. The Bertz CT molecular complexity index is 1160. The van der Waals surface area contributed by atoms with Gasteiger partial charge in [0.1, 0.15) is 11.6 Å². The van der Waals surface area contributed by atoms with Crippen molar-refractivity contribution in [2.75, 3.05) is 32.6 Å². The molecular weight excluding hydrogens is 430 g/mol. The first kappa shape index (κ1) is 23.3. The standard InChI is InChI=1S/C23H25N3O5S/c1-30-21-10-9-17(14-22(21)31-2)13-18(16-24)23(27)25-19-7-6-8-20(15-19)32(28,29)26-11-4-3-5-12-26/h6-10,13-15H,3-5,11-12H2,1-2H3,(H,25,27)/b18-13+. The average Bonchev–Trinajstić information content (AvgIpc) is 2.83.